The molecule has 1 N–H and O–H groups in total. The van der Waals surface area contributed by atoms with Crippen molar-refractivity contribution in [3.8, 4) is 5.75 Å². The van der Waals surface area contributed by atoms with Crippen molar-refractivity contribution in [2.45, 2.75) is 44.8 Å². The maximum absolute atomic E-state index is 13.4. The minimum atomic E-state index is -0.810. The Labute approximate surface area is 222 Å². The number of hydrogen-bond donors (Lipinski definition) is 1. The summed E-state index contributed by atoms with van der Waals surface area (Å²) in [5.74, 6) is 0.719. The molecule has 192 valence electrons. The van der Waals surface area contributed by atoms with Gasteiger partial charge in [-0.05, 0) is 64.9 Å². The second kappa shape index (κ2) is 9.31. The van der Waals surface area contributed by atoms with E-state index in [0.717, 1.165) is 44.7 Å². The normalized spacial score (nSPS) is 21.0. The molecule has 0 atom stereocenters. The Bertz CT molecular complexity index is 1430. The van der Waals surface area contributed by atoms with E-state index in [1.807, 2.05) is 86.6 Å². The van der Waals surface area contributed by atoms with E-state index in [0.29, 0.717) is 6.61 Å². The Morgan fingerprint density at radius 3 is 1.82 bits per heavy atom. The molecule has 3 aliphatic rings. The SMILES string of the molecule is CC12ON(C(=O)OCc3ccc(OCc4ccc(CO)cc4)cc3)C(C)(c3ccccc31)c1ccccc12. The first-order chi connectivity index (χ1) is 18.4. The Hall–Kier alpha value is -4.13. The van der Waals surface area contributed by atoms with Crippen LogP contribution in [0.15, 0.2) is 97.1 Å². The van der Waals surface area contributed by atoms with Gasteiger partial charge in [-0.15, -0.1) is 0 Å². The minimum Gasteiger partial charge on any atom is -0.489 e. The molecule has 0 unspecified atom stereocenters. The number of aliphatic hydroxyl groups is 1. The third-order valence-electron chi connectivity index (χ3n) is 7.67. The lowest BCUT2D eigenvalue weighted by molar-refractivity contribution is -0.272. The quantitative estimate of drug-likeness (QED) is 0.337. The van der Waals surface area contributed by atoms with Crippen LogP contribution in [-0.2, 0) is 40.5 Å². The van der Waals surface area contributed by atoms with E-state index >= 15 is 0 Å². The number of aliphatic hydroxyl groups excluding tert-OH is 1. The third-order valence-corrected chi connectivity index (χ3v) is 7.67. The second-order valence-electron chi connectivity index (χ2n) is 10.0. The Morgan fingerprint density at radius 1 is 0.737 bits per heavy atom. The fraction of sp³-hybridized carbons (Fsp3) is 0.219. The number of carbonyl (C=O) groups is 1. The average Bonchev–Trinajstić information content (AvgIpc) is 2.97. The van der Waals surface area contributed by atoms with E-state index in [-0.39, 0.29) is 13.2 Å². The summed E-state index contributed by atoms with van der Waals surface area (Å²) < 4.78 is 11.6. The maximum atomic E-state index is 13.4. The molecule has 0 saturated carbocycles. The molecule has 38 heavy (non-hydrogen) atoms. The Morgan fingerprint density at radius 2 is 1.24 bits per heavy atom. The zero-order valence-electron chi connectivity index (χ0n) is 21.4. The van der Waals surface area contributed by atoms with Crippen LogP contribution in [0, 0.1) is 0 Å². The van der Waals surface area contributed by atoms with Crippen molar-refractivity contribution in [1.29, 1.82) is 0 Å². The highest BCUT2D eigenvalue weighted by Crippen LogP contribution is 2.57. The van der Waals surface area contributed by atoms with Crippen molar-refractivity contribution in [2.24, 2.45) is 0 Å². The first-order valence-electron chi connectivity index (χ1n) is 12.7. The van der Waals surface area contributed by atoms with Crippen LogP contribution in [0.1, 0.15) is 52.8 Å². The van der Waals surface area contributed by atoms with Crippen molar-refractivity contribution < 1.29 is 24.2 Å². The molecule has 6 nitrogen and oxygen atoms in total. The molecular formula is C32H29NO5. The van der Waals surface area contributed by atoms with Crippen molar-refractivity contribution in [3.05, 3.63) is 136 Å². The van der Waals surface area contributed by atoms with E-state index in [1.54, 1.807) is 0 Å². The van der Waals surface area contributed by atoms with Crippen LogP contribution < -0.4 is 4.74 Å². The van der Waals surface area contributed by atoms with Crippen LogP contribution >= 0.6 is 0 Å². The molecule has 1 aliphatic carbocycles. The smallest absolute Gasteiger partial charge is 0.435 e. The molecule has 6 heteroatoms. The molecule has 1 amide bonds. The van der Waals surface area contributed by atoms with Crippen LogP contribution in [0.5, 0.6) is 5.75 Å². The van der Waals surface area contributed by atoms with Gasteiger partial charge in [-0.1, -0.05) is 84.9 Å². The summed E-state index contributed by atoms with van der Waals surface area (Å²) >= 11 is 0. The molecule has 7 rings (SSSR count). The first-order valence-corrected chi connectivity index (χ1v) is 12.7. The number of benzene rings is 4. The number of amides is 1. The van der Waals surface area contributed by atoms with Crippen LogP contribution in [0.4, 0.5) is 4.79 Å². The van der Waals surface area contributed by atoms with Gasteiger partial charge in [0.15, 0.2) is 0 Å². The number of ether oxygens (including phenoxy) is 2. The number of hydrogen-bond acceptors (Lipinski definition) is 5. The van der Waals surface area contributed by atoms with E-state index in [9.17, 15) is 9.90 Å². The van der Waals surface area contributed by atoms with Gasteiger partial charge >= 0.3 is 6.09 Å². The summed E-state index contributed by atoms with van der Waals surface area (Å²) in [7, 11) is 0. The highest BCUT2D eigenvalue weighted by Gasteiger charge is 2.59. The molecule has 2 aliphatic heterocycles. The predicted molar refractivity (Wildman–Crippen MR) is 142 cm³/mol. The average molecular weight is 508 g/mol. The fourth-order valence-corrected chi connectivity index (χ4v) is 5.54. The molecule has 0 spiro atoms. The lowest BCUT2D eigenvalue weighted by atomic mass is 9.65. The standard InChI is InChI=1S/C32H29NO5/c1-31-26-7-3-5-9-28(26)32(2,29-10-6-4-8-27(29)31)38-33(31)30(35)37-21-24-15-17-25(18-16-24)36-20-23-13-11-22(19-34)12-14-23/h3-18,34H,19-21H2,1-2H3. The van der Waals surface area contributed by atoms with E-state index in [4.69, 9.17) is 14.3 Å². The fourth-order valence-electron chi connectivity index (χ4n) is 5.54. The van der Waals surface area contributed by atoms with Crippen LogP contribution in [0.25, 0.3) is 0 Å². The molecule has 0 saturated heterocycles. The van der Waals surface area contributed by atoms with Gasteiger partial charge in [-0.3, -0.25) is 4.84 Å². The summed E-state index contributed by atoms with van der Waals surface area (Å²) in [5, 5.41) is 10.6. The van der Waals surface area contributed by atoms with Gasteiger partial charge in [0.05, 0.1) is 6.61 Å². The van der Waals surface area contributed by atoms with Crippen molar-refractivity contribution >= 4 is 6.09 Å². The Balaban J connectivity index is 1.15. The van der Waals surface area contributed by atoms with Gasteiger partial charge in [-0.25, -0.2) is 4.79 Å². The number of nitrogens with zero attached hydrogens (tertiary/aromatic N) is 1. The van der Waals surface area contributed by atoms with Crippen molar-refractivity contribution in [3.63, 3.8) is 0 Å². The lowest BCUT2D eigenvalue weighted by Crippen LogP contribution is -2.61. The summed E-state index contributed by atoms with van der Waals surface area (Å²) in [6, 6.07) is 31.4. The second-order valence-corrected chi connectivity index (χ2v) is 10.0. The minimum absolute atomic E-state index is 0.0240. The van der Waals surface area contributed by atoms with Crippen molar-refractivity contribution in [2.75, 3.05) is 0 Å². The zero-order valence-corrected chi connectivity index (χ0v) is 21.4. The van der Waals surface area contributed by atoms with Crippen LogP contribution in [0.3, 0.4) is 0 Å². The number of fused-ring (bicyclic) bond motifs is 1. The molecule has 2 bridgehead atoms. The predicted octanol–water partition coefficient (Wildman–Crippen LogP) is 6.18. The van der Waals surface area contributed by atoms with Crippen LogP contribution in [0.2, 0.25) is 0 Å². The molecular weight excluding hydrogens is 478 g/mol. The Kier molecular flexibility index (Phi) is 5.94. The van der Waals surface area contributed by atoms with Crippen molar-refractivity contribution in [1.82, 2.24) is 5.06 Å². The lowest BCUT2D eigenvalue weighted by Gasteiger charge is -2.56. The number of carbonyl (C=O) groups excluding carboxylic acids is 1. The highest BCUT2D eigenvalue weighted by atomic mass is 16.7. The molecule has 4 aromatic carbocycles. The number of hydroxylamine groups is 2. The summed E-state index contributed by atoms with van der Waals surface area (Å²) in [5.41, 5.74) is 5.33. The van der Waals surface area contributed by atoms with Gasteiger partial charge in [0.2, 0.25) is 0 Å². The topological polar surface area (TPSA) is 68.2 Å². The molecule has 0 aromatic heterocycles. The third kappa shape index (κ3) is 3.85. The zero-order chi connectivity index (χ0) is 26.3. The van der Waals surface area contributed by atoms with Crippen LogP contribution in [-0.4, -0.2) is 16.3 Å². The maximum Gasteiger partial charge on any atom is 0.435 e. The molecule has 0 radical (unpaired) electrons. The molecule has 2 heterocycles. The monoisotopic (exact) mass is 507 g/mol. The van der Waals surface area contributed by atoms with E-state index in [1.165, 1.54) is 5.06 Å². The van der Waals surface area contributed by atoms with E-state index in [2.05, 4.69) is 24.3 Å². The van der Waals surface area contributed by atoms with Gasteiger partial charge in [0, 0.05) is 0 Å². The summed E-state index contributed by atoms with van der Waals surface area (Å²) in [6.45, 7) is 4.57. The van der Waals surface area contributed by atoms with Gasteiger partial charge < -0.3 is 14.6 Å². The van der Waals surface area contributed by atoms with Gasteiger partial charge in [0.25, 0.3) is 0 Å². The largest absolute Gasteiger partial charge is 0.489 e. The summed E-state index contributed by atoms with van der Waals surface area (Å²) in [6.07, 6.45) is -0.533. The highest BCUT2D eigenvalue weighted by molar-refractivity contribution is 5.72. The van der Waals surface area contributed by atoms with Gasteiger partial charge in [-0.2, -0.15) is 5.06 Å². The number of rotatable bonds is 6. The van der Waals surface area contributed by atoms with E-state index < -0.39 is 17.2 Å². The van der Waals surface area contributed by atoms with Gasteiger partial charge in [0.1, 0.15) is 30.1 Å². The molecule has 4 aromatic rings. The molecule has 0 fully saturated rings. The first kappa shape index (κ1) is 24.2. The summed E-state index contributed by atoms with van der Waals surface area (Å²) in [4.78, 5) is 19.9.